The molecule has 0 saturated carbocycles. The van der Waals surface area contributed by atoms with Crippen LogP contribution >= 0.6 is 0 Å². The van der Waals surface area contributed by atoms with Gasteiger partial charge in [0.25, 0.3) is 0 Å². The van der Waals surface area contributed by atoms with Crippen LogP contribution in [-0.2, 0) is 0 Å². The number of rotatable bonds is 6. The lowest BCUT2D eigenvalue weighted by molar-refractivity contribution is 0.483. The summed E-state index contributed by atoms with van der Waals surface area (Å²) in [6, 6.07) is 25.2. The van der Waals surface area contributed by atoms with Crippen molar-refractivity contribution in [3.05, 3.63) is 96.4 Å². The van der Waals surface area contributed by atoms with Crippen LogP contribution in [0.4, 0.5) is 27.5 Å². The van der Waals surface area contributed by atoms with E-state index in [4.69, 9.17) is 4.74 Å². The summed E-state index contributed by atoms with van der Waals surface area (Å²) in [5.41, 5.74) is 2.23. The number of halogens is 1. The summed E-state index contributed by atoms with van der Waals surface area (Å²) in [5.74, 6) is 2.23. The van der Waals surface area contributed by atoms with E-state index < -0.39 is 0 Å². The number of nitrogens with one attached hydrogen (secondary N) is 2. The molecule has 0 saturated heterocycles. The predicted octanol–water partition coefficient (Wildman–Crippen LogP) is 6.20. The van der Waals surface area contributed by atoms with Crippen molar-refractivity contribution in [3.63, 3.8) is 0 Å². The van der Waals surface area contributed by atoms with E-state index in [1.165, 1.54) is 12.1 Å². The monoisotopic (exact) mass is 386 g/mol. The molecule has 0 atom stereocenters. The largest absolute Gasteiger partial charge is 0.457 e. The molecule has 0 spiro atoms. The average molecular weight is 386 g/mol. The first-order chi connectivity index (χ1) is 14.1. The fourth-order valence-corrected chi connectivity index (χ4v) is 2.76. The molecule has 0 bridgehead atoms. The highest BCUT2D eigenvalue weighted by Gasteiger charge is 2.05. The summed E-state index contributed by atoms with van der Waals surface area (Å²) in [4.78, 5) is 8.87. The van der Waals surface area contributed by atoms with Gasteiger partial charge in [-0.05, 0) is 61.5 Å². The van der Waals surface area contributed by atoms with Crippen LogP contribution in [0.15, 0.2) is 84.9 Å². The van der Waals surface area contributed by atoms with Crippen LogP contribution in [0, 0.1) is 12.7 Å². The van der Waals surface area contributed by atoms with Crippen molar-refractivity contribution in [1.82, 2.24) is 9.97 Å². The number of aryl methyl sites for hydroxylation is 1. The number of aromatic nitrogens is 2. The molecule has 4 rings (SSSR count). The Kier molecular flexibility index (Phi) is 5.33. The lowest BCUT2D eigenvalue weighted by atomic mass is 10.3. The summed E-state index contributed by atoms with van der Waals surface area (Å²) in [7, 11) is 0. The number of nitrogens with zero attached hydrogens (tertiary/aromatic N) is 2. The van der Waals surface area contributed by atoms with E-state index in [1.54, 1.807) is 18.2 Å². The van der Waals surface area contributed by atoms with Crippen LogP contribution in [-0.4, -0.2) is 9.97 Å². The molecule has 4 aromatic rings. The SMILES string of the molecule is Cc1cc(Nc2cccc(F)c2)nc(Nc2ccc(Oc3ccccc3)cc2)n1. The van der Waals surface area contributed by atoms with E-state index >= 15 is 0 Å². The molecule has 0 unspecified atom stereocenters. The van der Waals surface area contributed by atoms with E-state index in [2.05, 4.69) is 20.6 Å². The Hall–Kier alpha value is -3.93. The normalized spacial score (nSPS) is 10.4. The van der Waals surface area contributed by atoms with E-state index in [-0.39, 0.29) is 5.82 Å². The van der Waals surface area contributed by atoms with E-state index in [1.807, 2.05) is 61.5 Å². The van der Waals surface area contributed by atoms with Gasteiger partial charge in [0.15, 0.2) is 0 Å². The van der Waals surface area contributed by atoms with Gasteiger partial charge >= 0.3 is 0 Å². The first-order valence-electron chi connectivity index (χ1n) is 9.12. The summed E-state index contributed by atoms with van der Waals surface area (Å²) < 4.78 is 19.2. The van der Waals surface area contributed by atoms with Gasteiger partial charge in [-0.15, -0.1) is 0 Å². The zero-order valence-electron chi connectivity index (χ0n) is 15.8. The van der Waals surface area contributed by atoms with Crippen LogP contribution in [0.25, 0.3) is 0 Å². The van der Waals surface area contributed by atoms with Crippen molar-refractivity contribution in [2.24, 2.45) is 0 Å². The molecular formula is C23H19FN4O. The van der Waals surface area contributed by atoms with E-state index in [0.29, 0.717) is 17.5 Å². The standard InChI is InChI=1S/C23H19FN4O/c1-16-14-22(26-19-7-5-6-17(24)15-19)28-23(25-16)27-18-10-12-21(13-11-18)29-20-8-3-2-4-9-20/h2-15H,1H3,(H2,25,26,27,28). The maximum absolute atomic E-state index is 13.4. The third-order valence-electron chi connectivity index (χ3n) is 4.04. The molecular weight excluding hydrogens is 367 g/mol. The van der Waals surface area contributed by atoms with Crippen molar-refractivity contribution in [1.29, 1.82) is 0 Å². The second kappa shape index (κ2) is 8.39. The van der Waals surface area contributed by atoms with Crippen molar-refractivity contribution in [2.75, 3.05) is 10.6 Å². The lowest BCUT2D eigenvalue weighted by Gasteiger charge is -2.11. The van der Waals surface area contributed by atoms with Gasteiger partial charge in [0.2, 0.25) is 5.95 Å². The Morgan fingerprint density at radius 3 is 2.24 bits per heavy atom. The number of benzene rings is 3. The number of para-hydroxylation sites is 1. The van der Waals surface area contributed by atoms with Gasteiger partial charge in [-0.3, -0.25) is 0 Å². The highest BCUT2D eigenvalue weighted by Crippen LogP contribution is 2.24. The van der Waals surface area contributed by atoms with Gasteiger partial charge in [0.05, 0.1) is 0 Å². The highest BCUT2D eigenvalue weighted by atomic mass is 19.1. The number of ether oxygens (including phenoxy) is 1. The second-order valence-corrected chi connectivity index (χ2v) is 6.42. The van der Waals surface area contributed by atoms with Crippen LogP contribution in [0.5, 0.6) is 11.5 Å². The molecule has 3 aromatic carbocycles. The minimum atomic E-state index is -0.308. The zero-order chi connectivity index (χ0) is 20.1. The minimum absolute atomic E-state index is 0.308. The second-order valence-electron chi connectivity index (χ2n) is 6.42. The van der Waals surface area contributed by atoms with Gasteiger partial charge in [-0.1, -0.05) is 24.3 Å². The summed E-state index contributed by atoms with van der Waals surface area (Å²) >= 11 is 0. The summed E-state index contributed by atoms with van der Waals surface area (Å²) in [6.45, 7) is 1.88. The fraction of sp³-hybridized carbons (Fsp3) is 0.0435. The predicted molar refractivity (Wildman–Crippen MR) is 113 cm³/mol. The van der Waals surface area contributed by atoms with Crippen molar-refractivity contribution in [2.45, 2.75) is 6.92 Å². The van der Waals surface area contributed by atoms with Crippen molar-refractivity contribution in [3.8, 4) is 11.5 Å². The fourth-order valence-electron chi connectivity index (χ4n) is 2.76. The Balaban J connectivity index is 1.47. The van der Waals surface area contributed by atoms with Gasteiger partial charge < -0.3 is 15.4 Å². The number of hydrogen-bond donors (Lipinski definition) is 2. The molecule has 0 aliphatic heterocycles. The third kappa shape index (κ3) is 5.07. The molecule has 0 aliphatic rings. The Morgan fingerprint density at radius 1 is 0.724 bits per heavy atom. The molecule has 0 amide bonds. The Labute approximate surface area is 168 Å². The van der Waals surface area contributed by atoms with Gasteiger partial charge in [-0.2, -0.15) is 4.98 Å². The molecule has 29 heavy (non-hydrogen) atoms. The zero-order valence-corrected chi connectivity index (χ0v) is 15.8. The van der Waals surface area contributed by atoms with Gasteiger partial charge in [0.1, 0.15) is 23.1 Å². The molecule has 5 nitrogen and oxygen atoms in total. The molecule has 0 radical (unpaired) electrons. The summed E-state index contributed by atoms with van der Waals surface area (Å²) in [5, 5.41) is 6.28. The highest BCUT2D eigenvalue weighted by molar-refractivity contribution is 5.60. The number of hydrogen-bond acceptors (Lipinski definition) is 5. The van der Waals surface area contributed by atoms with Gasteiger partial charge in [0, 0.05) is 23.1 Å². The molecule has 2 N–H and O–H groups in total. The Bertz CT molecular complexity index is 1100. The smallest absolute Gasteiger partial charge is 0.229 e. The molecule has 6 heteroatoms. The maximum atomic E-state index is 13.4. The molecule has 1 aromatic heterocycles. The topological polar surface area (TPSA) is 59.1 Å². The van der Waals surface area contributed by atoms with E-state index in [9.17, 15) is 4.39 Å². The number of anilines is 4. The van der Waals surface area contributed by atoms with Crippen LogP contribution < -0.4 is 15.4 Å². The Morgan fingerprint density at radius 2 is 1.48 bits per heavy atom. The van der Waals surface area contributed by atoms with Gasteiger partial charge in [-0.25, -0.2) is 9.37 Å². The molecule has 1 heterocycles. The first kappa shape index (κ1) is 18.4. The molecule has 0 fully saturated rings. The van der Waals surface area contributed by atoms with Crippen LogP contribution in [0.3, 0.4) is 0 Å². The van der Waals surface area contributed by atoms with Crippen LogP contribution in [0.1, 0.15) is 5.69 Å². The average Bonchev–Trinajstić information content (AvgIpc) is 2.70. The van der Waals surface area contributed by atoms with Crippen molar-refractivity contribution < 1.29 is 9.13 Å². The molecule has 144 valence electrons. The van der Waals surface area contributed by atoms with E-state index in [0.717, 1.165) is 22.9 Å². The quantitative estimate of drug-likeness (QED) is 0.413. The third-order valence-corrected chi connectivity index (χ3v) is 4.04. The molecule has 0 aliphatic carbocycles. The van der Waals surface area contributed by atoms with Crippen LogP contribution in [0.2, 0.25) is 0 Å². The lowest BCUT2D eigenvalue weighted by Crippen LogP contribution is -2.02. The maximum Gasteiger partial charge on any atom is 0.229 e. The van der Waals surface area contributed by atoms with Crippen molar-refractivity contribution >= 4 is 23.1 Å². The summed E-state index contributed by atoms with van der Waals surface area (Å²) in [6.07, 6.45) is 0. The minimum Gasteiger partial charge on any atom is -0.457 e. The first-order valence-corrected chi connectivity index (χ1v) is 9.12.